The summed E-state index contributed by atoms with van der Waals surface area (Å²) in [7, 11) is -2.04. The minimum absolute atomic E-state index is 0.00298. The van der Waals surface area contributed by atoms with Gasteiger partial charge in [0.05, 0.1) is 0 Å². The van der Waals surface area contributed by atoms with Gasteiger partial charge in [0, 0.05) is 23.6 Å². The number of hydrogen-bond acceptors (Lipinski definition) is 6. The monoisotopic (exact) mass is 472 g/mol. The summed E-state index contributed by atoms with van der Waals surface area (Å²) in [5, 5.41) is 6.68. The number of nitrogens with one attached hydrogen (secondary N) is 3. The molecule has 3 rings (SSSR count). The fraction of sp³-hybridized carbons (Fsp3) is 0.478. The van der Waals surface area contributed by atoms with Gasteiger partial charge in [-0.05, 0) is 31.0 Å². The molecule has 0 spiro atoms. The van der Waals surface area contributed by atoms with Gasteiger partial charge in [-0.2, -0.15) is 0 Å². The largest absolute Gasteiger partial charge is 0.407 e. The molecule has 33 heavy (non-hydrogen) atoms. The van der Waals surface area contributed by atoms with E-state index < -0.39 is 14.2 Å². The van der Waals surface area contributed by atoms with Gasteiger partial charge in [-0.15, -0.1) is 0 Å². The van der Waals surface area contributed by atoms with Crippen LogP contribution in [0.3, 0.4) is 0 Å². The van der Waals surface area contributed by atoms with E-state index in [9.17, 15) is 14.4 Å². The number of carbonyl (C=O) groups is 3. The average Bonchev–Trinajstić information content (AvgIpc) is 3.23. The van der Waals surface area contributed by atoms with Crippen molar-refractivity contribution in [3.05, 3.63) is 42.1 Å². The molecular formula is C23H32N4O5Si. The highest BCUT2D eigenvalue weighted by Gasteiger charge is 2.38. The minimum Gasteiger partial charge on any atom is -0.407 e. The lowest BCUT2D eigenvalue weighted by Gasteiger charge is -2.36. The molecule has 0 radical (unpaired) electrons. The van der Waals surface area contributed by atoms with Crippen molar-refractivity contribution < 1.29 is 23.3 Å². The molecule has 0 aliphatic heterocycles. The van der Waals surface area contributed by atoms with Gasteiger partial charge >= 0.3 is 0 Å². The molecule has 1 aromatic carbocycles. The van der Waals surface area contributed by atoms with Gasteiger partial charge in [0.1, 0.15) is 6.61 Å². The van der Waals surface area contributed by atoms with Crippen LogP contribution in [-0.4, -0.2) is 43.8 Å². The van der Waals surface area contributed by atoms with E-state index in [0.717, 1.165) is 5.56 Å². The quantitative estimate of drug-likeness (QED) is 0.421. The van der Waals surface area contributed by atoms with Gasteiger partial charge in [0.15, 0.2) is 19.8 Å². The summed E-state index contributed by atoms with van der Waals surface area (Å²) < 4.78 is 11.1. The molecule has 178 valence electrons. The van der Waals surface area contributed by atoms with Crippen LogP contribution in [0.15, 0.2) is 40.9 Å². The Morgan fingerprint density at radius 3 is 2.42 bits per heavy atom. The SMILES string of the molecule is CC(C)(C)[Si](C)(C)OCC(=O)NNC(=O)C1CC(NC(=O)c2cc(-c3ccccc3)on2)C1. The summed E-state index contributed by atoms with van der Waals surface area (Å²) >= 11 is 0. The molecule has 3 N–H and O–H groups in total. The summed E-state index contributed by atoms with van der Waals surface area (Å²) in [5.41, 5.74) is 5.87. The number of carbonyl (C=O) groups excluding carboxylic acids is 3. The van der Waals surface area contributed by atoms with Crippen molar-refractivity contribution in [2.45, 2.75) is 57.8 Å². The molecular weight excluding hydrogens is 440 g/mol. The Morgan fingerprint density at radius 2 is 1.79 bits per heavy atom. The zero-order valence-electron chi connectivity index (χ0n) is 19.7. The lowest BCUT2D eigenvalue weighted by Crippen LogP contribution is -2.53. The molecule has 0 unspecified atom stereocenters. The van der Waals surface area contributed by atoms with Crippen molar-refractivity contribution >= 4 is 26.0 Å². The zero-order valence-corrected chi connectivity index (χ0v) is 20.7. The number of aromatic nitrogens is 1. The van der Waals surface area contributed by atoms with E-state index in [4.69, 9.17) is 8.95 Å². The third-order valence-corrected chi connectivity index (χ3v) is 10.8. The number of nitrogens with zero attached hydrogens (tertiary/aromatic N) is 1. The van der Waals surface area contributed by atoms with Gasteiger partial charge in [0.2, 0.25) is 5.91 Å². The molecule has 0 atom stereocenters. The smallest absolute Gasteiger partial charge is 0.273 e. The summed E-state index contributed by atoms with van der Waals surface area (Å²) in [6.07, 6.45) is 0.967. The van der Waals surface area contributed by atoms with E-state index in [1.165, 1.54) is 0 Å². The second-order valence-corrected chi connectivity index (χ2v) is 14.7. The maximum atomic E-state index is 12.4. The van der Waals surface area contributed by atoms with Gasteiger partial charge in [-0.25, -0.2) is 0 Å². The Balaban J connectivity index is 1.37. The second kappa shape index (κ2) is 9.88. The number of hydrogen-bond donors (Lipinski definition) is 3. The number of rotatable bonds is 7. The maximum absolute atomic E-state index is 12.4. The van der Waals surface area contributed by atoms with Gasteiger partial charge in [-0.1, -0.05) is 56.3 Å². The Morgan fingerprint density at radius 1 is 1.12 bits per heavy atom. The fourth-order valence-corrected chi connectivity index (χ4v) is 3.99. The van der Waals surface area contributed by atoms with Gasteiger partial charge in [0.25, 0.3) is 11.8 Å². The van der Waals surface area contributed by atoms with Crippen LogP contribution in [0.2, 0.25) is 18.1 Å². The first-order valence-corrected chi connectivity index (χ1v) is 13.9. The highest BCUT2D eigenvalue weighted by Crippen LogP contribution is 2.36. The van der Waals surface area contributed by atoms with Crippen LogP contribution < -0.4 is 16.2 Å². The van der Waals surface area contributed by atoms with Gasteiger partial charge in [-0.3, -0.25) is 25.2 Å². The molecule has 1 aliphatic rings. The van der Waals surface area contributed by atoms with Crippen LogP contribution in [-0.2, 0) is 14.0 Å². The van der Waals surface area contributed by atoms with Crippen LogP contribution in [0.25, 0.3) is 11.3 Å². The Labute approximate surface area is 194 Å². The van der Waals surface area contributed by atoms with Crippen LogP contribution >= 0.6 is 0 Å². The lowest BCUT2D eigenvalue weighted by molar-refractivity contribution is -0.134. The summed E-state index contributed by atoms with van der Waals surface area (Å²) in [6.45, 7) is 10.3. The number of hydrazine groups is 1. The molecule has 10 heteroatoms. The Bertz CT molecular complexity index is 994. The van der Waals surface area contributed by atoms with E-state index in [0.29, 0.717) is 18.6 Å². The molecule has 9 nitrogen and oxygen atoms in total. The zero-order chi connectivity index (χ0) is 24.2. The van der Waals surface area contributed by atoms with E-state index in [2.05, 4.69) is 55.2 Å². The first kappa shape index (κ1) is 24.7. The highest BCUT2D eigenvalue weighted by atomic mass is 28.4. The Kier molecular flexibility index (Phi) is 7.38. The molecule has 1 saturated carbocycles. The third kappa shape index (κ3) is 6.29. The van der Waals surface area contributed by atoms with Crippen molar-refractivity contribution in [1.29, 1.82) is 0 Å². The van der Waals surface area contributed by atoms with Crippen molar-refractivity contribution in [3.8, 4) is 11.3 Å². The van der Waals surface area contributed by atoms with Crippen molar-refractivity contribution in [2.75, 3.05) is 6.61 Å². The summed E-state index contributed by atoms with van der Waals surface area (Å²) in [6, 6.07) is 10.8. The molecule has 1 aromatic heterocycles. The number of benzene rings is 1. The maximum Gasteiger partial charge on any atom is 0.273 e. The van der Waals surface area contributed by atoms with E-state index in [1.807, 2.05) is 30.3 Å². The summed E-state index contributed by atoms with van der Waals surface area (Å²) in [5.74, 6) is -0.790. The Hall–Kier alpha value is -2.98. The van der Waals surface area contributed by atoms with E-state index in [1.54, 1.807) is 6.07 Å². The lowest BCUT2D eigenvalue weighted by atomic mass is 9.79. The second-order valence-electron chi connectivity index (χ2n) is 9.87. The van der Waals surface area contributed by atoms with Crippen LogP contribution in [0, 0.1) is 5.92 Å². The topological polar surface area (TPSA) is 123 Å². The van der Waals surface area contributed by atoms with E-state index in [-0.39, 0.29) is 41.1 Å². The summed E-state index contributed by atoms with van der Waals surface area (Å²) in [4.78, 5) is 36.7. The predicted molar refractivity (Wildman–Crippen MR) is 125 cm³/mol. The third-order valence-electron chi connectivity index (χ3n) is 6.34. The molecule has 0 saturated heterocycles. The van der Waals surface area contributed by atoms with Crippen LogP contribution in [0.1, 0.15) is 44.1 Å². The number of amides is 3. The standard InChI is InChI=1S/C23H32N4O5Si/c1-23(2,3)33(4,5)31-14-20(28)25-26-21(29)16-11-17(12-16)24-22(30)18-13-19(32-27-18)15-9-7-6-8-10-15/h6-10,13,16-17H,11-12,14H2,1-5H3,(H,24,30)(H,25,28)(H,26,29). The van der Waals surface area contributed by atoms with E-state index >= 15 is 0 Å². The minimum atomic E-state index is -2.04. The molecule has 1 fully saturated rings. The normalized spacial score (nSPS) is 18.2. The first-order chi connectivity index (χ1) is 15.5. The fourth-order valence-electron chi connectivity index (χ4n) is 3.06. The van der Waals surface area contributed by atoms with Crippen LogP contribution in [0.5, 0.6) is 0 Å². The predicted octanol–water partition coefficient (Wildman–Crippen LogP) is 3.02. The molecule has 2 aromatic rings. The average molecular weight is 473 g/mol. The van der Waals surface area contributed by atoms with Crippen LogP contribution in [0.4, 0.5) is 0 Å². The molecule has 0 bridgehead atoms. The first-order valence-electron chi connectivity index (χ1n) is 11.0. The highest BCUT2D eigenvalue weighted by molar-refractivity contribution is 6.74. The van der Waals surface area contributed by atoms with Crippen molar-refractivity contribution in [2.24, 2.45) is 5.92 Å². The molecule has 1 heterocycles. The van der Waals surface area contributed by atoms with Crippen molar-refractivity contribution in [3.63, 3.8) is 0 Å². The van der Waals surface area contributed by atoms with Crippen molar-refractivity contribution in [1.82, 2.24) is 21.3 Å². The van der Waals surface area contributed by atoms with Gasteiger partial charge < -0.3 is 14.3 Å². The molecule has 3 amide bonds. The molecule has 1 aliphatic carbocycles.